The van der Waals surface area contributed by atoms with Gasteiger partial charge in [0, 0.05) is 6.07 Å². The van der Waals surface area contributed by atoms with Crippen LogP contribution in [0.1, 0.15) is 38.8 Å². The first-order valence-electron chi connectivity index (χ1n) is 6.40. The number of phenolic OH excluding ortho intramolecular Hbond substituents is 2. The van der Waals surface area contributed by atoms with E-state index < -0.39 is 17.6 Å². The highest BCUT2D eigenvalue weighted by Crippen LogP contribution is 2.43. The maximum atomic E-state index is 12.2. The first kappa shape index (κ1) is 13.2. The summed E-state index contributed by atoms with van der Waals surface area (Å²) in [7, 11) is 0. The van der Waals surface area contributed by atoms with E-state index in [4.69, 9.17) is 4.74 Å². The Morgan fingerprint density at radius 2 is 1.90 bits per heavy atom. The largest absolute Gasteiger partial charge is 0.507 e. The van der Waals surface area contributed by atoms with Crippen LogP contribution in [0.15, 0.2) is 36.4 Å². The minimum Gasteiger partial charge on any atom is -0.507 e. The van der Waals surface area contributed by atoms with E-state index in [1.165, 1.54) is 6.07 Å². The molecule has 5 nitrogen and oxygen atoms in total. The van der Waals surface area contributed by atoms with Crippen LogP contribution < -0.4 is 4.74 Å². The molecule has 5 heteroatoms. The molecule has 0 saturated heterocycles. The molecule has 0 unspecified atom stereocenters. The van der Waals surface area contributed by atoms with Crippen molar-refractivity contribution in [1.82, 2.24) is 0 Å². The van der Waals surface area contributed by atoms with Crippen LogP contribution in [-0.2, 0) is 0 Å². The van der Waals surface area contributed by atoms with Crippen molar-refractivity contribution in [2.45, 2.75) is 12.5 Å². The molecule has 2 aromatic carbocycles. The molecule has 2 aromatic rings. The van der Waals surface area contributed by atoms with Crippen LogP contribution in [0.25, 0.3) is 0 Å². The van der Waals surface area contributed by atoms with Gasteiger partial charge in [0.2, 0.25) is 0 Å². The average Bonchev–Trinajstić information content (AvgIpc) is 2.47. The van der Waals surface area contributed by atoms with Crippen molar-refractivity contribution in [3.8, 4) is 17.2 Å². The molecule has 0 fully saturated rings. The van der Waals surface area contributed by atoms with Crippen LogP contribution in [0.5, 0.6) is 17.2 Å². The number of benzene rings is 2. The van der Waals surface area contributed by atoms with Crippen molar-refractivity contribution in [1.29, 1.82) is 0 Å². The van der Waals surface area contributed by atoms with E-state index >= 15 is 0 Å². The molecule has 3 rings (SSSR count). The Balaban J connectivity index is 2.08. The van der Waals surface area contributed by atoms with Gasteiger partial charge < -0.3 is 14.9 Å². The van der Waals surface area contributed by atoms with E-state index in [9.17, 15) is 19.8 Å². The third-order valence-corrected chi connectivity index (χ3v) is 3.49. The highest BCUT2D eigenvalue weighted by Gasteiger charge is 2.32. The SMILES string of the molecule is O=Cc1c(O)cc2c(c1O)C(=O)C[C@@H](c1ccccc1)O2. The highest BCUT2D eigenvalue weighted by atomic mass is 16.5. The Kier molecular flexibility index (Phi) is 3.10. The topological polar surface area (TPSA) is 83.8 Å². The molecule has 0 saturated carbocycles. The standard InChI is InChI=1S/C16H12O5/c17-8-10-11(18)6-14-15(16(10)20)12(19)7-13(21-14)9-4-2-1-3-5-9/h1-6,8,13,18,20H,7H2/t13-/m0/s1. The first-order chi connectivity index (χ1) is 10.1. The number of hydrogen-bond donors (Lipinski definition) is 2. The Bertz CT molecular complexity index is 721. The Morgan fingerprint density at radius 3 is 2.57 bits per heavy atom. The fourth-order valence-electron chi connectivity index (χ4n) is 2.44. The van der Waals surface area contributed by atoms with Gasteiger partial charge in [-0.3, -0.25) is 9.59 Å². The molecule has 0 aromatic heterocycles. The van der Waals surface area contributed by atoms with Crippen LogP contribution >= 0.6 is 0 Å². The zero-order chi connectivity index (χ0) is 15.0. The fourth-order valence-corrected chi connectivity index (χ4v) is 2.44. The van der Waals surface area contributed by atoms with Gasteiger partial charge in [-0.25, -0.2) is 0 Å². The second-order valence-electron chi connectivity index (χ2n) is 4.79. The molecular formula is C16H12O5. The fraction of sp³-hybridized carbons (Fsp3) is 0.125. The zero-order valence-electron chi connectivity index (χ0n) is 10.9. The van der Waals surface area contributed by atoms with E-state index in [0.29, 0.717) is 6.29 Å². The number of hydrogen-bond acceptors (Lipinski definition) is 5. The molecular weight excluding hydrogens is 272 g/mol. The van der Waals surface area contributed by atoms with Gasteiger partial charge in [-0.05, 0) is 5.56 Å². The second kappa shape index (κ2) is 4.94. The van der Waals surface area contributed by atoms with E-state index in [2.05, 4.69) is 0 Å². The lowest BCUT2D eigenvalue weighted by Crippen LogP contribution is -2.20. The smallest absolute Gasteiger partial charge is 0.174 e. The summed E-state index contributed by atoms with van der Waals surface area (Å²) in [5.74, 6) is -1.19. The van der Waals surface area contributed by atoms with Gasteiger partial charge in [0.15, 0.2) is 12.1 Å². The maximum Gasteiger partial charge on any atom is 0.174 e. The maximum absolute atomic E-state index is 12.2. The van der Waals surface area contributed by atoms with E-state index in [0.717, 1.165) is 5.56 Å². The van der Waals surface area contributed by atoms with Gasteiger partial charge >= 0.3 is 0 Å². The molecule has 1 aliphatic rings. The molecule has 0 radical (unpaired) electrons. The Morgan fingerprint density at radius 1 is 1.19 bits per heavy atom. The predicted octanol–water partition coefficient (Wildman–Crippen LogP) is 2.62. The number of fused-ring (bicyclic) bond motifs is 1. The summed E-state index contributed by atoms with van der Waals surface area (Å²) in [5.41, 5.74) is 0.473. The number of aldehydes is 1. The number of Topliss-reactive ketones (excluding diaryl/α,β-unsaturated/α-hetero) is 1. The van der Waals surface area contributed by atoms with Crippen LogP contribution in [0.3, 0.4) is 0 Å². The summed E-state index contributed by atoms with van der Waals surface area (Å²) in [6.45, 7) is 0. The summed E-state index contributed by atoms with van der Waals surface area (Å²) < 4.78 is 5.69. The molecule has 106 valence electrons. The quantitative estimate of drug-likeness (QED) is 0.828. The van der Waals surface area contributed by atoms with Gasteiger partial charge in [0.1, 0.15) is 28.9 Å². The van der Waals surface area contributed by atoms with Crippen LogP contribution in [0.4, 0.5) is 0 Å². The lowest BCUT2D eigenvalue weighted by molar-refractivity contribution is 0.0844. The van der Waals surface area contributed by atoms with Gasteiger partial charge in [-0.15, -0.1) is 0 Å². The molecule has 0 spiro atoms. The lowest BCUT2D eigenvalue weighted by Gasteiger charge is -2.26. The Hall–Kier alpha value is -2.82. The summed E-state index contributed by atoms with van der Waals surface area (Å²) >= 11 is 0. The van der Waals surface area contributed by atoms with Crippen molar-refractivity contribution < 1.29 is 24.5 Å². The van der Waals surface area contributed by atoms with E-state index in [1.54, 1.807) is 0 Å². The minimum absolute atomic E-state index is 0.0536. The Labute approximate surface area is 120 Å². The normalized spacial score (nSPS) is 17.0. The van der Waals surface area contributed by atoms with Crippen LogP contribution in [0, 0.1) is 0 Å². The van der Waals surface area contributed by atoms with E-state index in [1.807, 2.05) is 30.3 Å². The predicted molar refractivity (Wildman–Crippen MR) is 73.9 cm³/mol. The molecule has 1 aliphatic heterocycles. The average molecular weight is 284 g/mol. The van der Waals surface area contributed by atoms with Crippen molar-refractivity contribution in [3.63, 3.8) is 0 Å². The van der Waals surface area contributed by atoms with E-state index in [-0.39, 0.29) is 29.1 Å². The van der Waals surface area contributed by atoms with Gasteiger partial charge in [-0.1, -0.05) is 30.3 Å². The van der Waals surface area contributed by atoms with Gasteiger partial charge in [0.05, 0.1) is 12.0 Å². The molecule has 1 atom stereocenters. The molecule has 0 aliphatic carbocycles. The highest BCUT2D eigenvalue weighted by molar-refractivity contribution is 6.05. The molecule has 0 bridgehead atoms. The molecule has 0 amide bonds. The molecule has 2 N–H and O–H groups in total. The summed E-state index contributed by atoms with van der Waals surface area (Å²) in [6, 6.07) is 10.4. The summed E-state index contributed by atoms with van der Waals surface area (Å²) in [6.07, 6.45) is -0.109. The third-order valence-electron chi connectivity index (χ3n) is 3.49. The van der Waals surface area contributed by atoms with Crippen LogP contribution in [-0.4, -0.2) is 22.3 Å². The number of ketones is 1. The number of carbonyl (C=O) groups is 2. The lowest BCUT2D eigenvalue weighted by atomic mass is 9.94. The third kappa shape index (κ3) is 2.12. The van der Waals surface area contributed by atoms with Crippen LogP contribution in [0.2, 0.25) is 0 Å². The number of aromatic hydroxyl groups is 2. The summed E-state index contributed by atoms with van der Waals surface area (Å²) in [4.78, 5) is 23.1. The number of carbonyl (C=O) groups excluding carboxylic acids is 2. The number of rotatable bonds is 2. The number of phenols is 2. The van der Waals surface area contributed by atoms with Crippen molar-refractivity contribution in [2.24, 2.45) is 0 Å². The molecule has 21 heavy (non-hydrogen) atoms. The summed E-state index contributed by atoms with van der Waals surface area (Å²) in [5, 5.41) is 19.7. The minimum atomic E-state index is -0.531. The van der Waals surface area contributed by atoms with Crippen molar-refractivity contribution in [3.05, 3.63) is 53.1 Å². The van der Waals surface area contributed by atoms with Gasteiger partial charge in [0.25, 0.3) is 0 Å². The second-order valence-corrected chi connectivity index (χ2v) is 4.79. The van der Waals surface area contributed by atoms with Crippen molar-refractivity contribution in [2.75, 3.05) is 0 Å². The molecule has 1 heterocycles. The van der Waals surface area contributed by atoms with Gasteiger partial charge in [-0.2, -0.15) is 0 Å². The monoisotopic (exact) mass is 284 g/mol. The zero-order valence-corrected chi connectivity index (χ0v) is 10.9. The number of ether oxygens (including phenoxy) is 1. The first-order valence-corrected chi connectivity index (χ1v) is 6.40. The van der Waals surface area contributed by atoms with Crippen molar-refractivity contribution >= 4 is 12.1 Å².